The fourth-order valence-corrected chi connectivity index (χ4v) is 4.55. The number of ether oxygens (including phenoxy) is 1. The maximum atomic E-state index is 6.19. The molecule has 0 amide bonds. The minimum absolute atomic E-state index is 0.113. The average molecular weight is 475 g/mol. The van der Waals surface area contributed by atoms with E-state index in [4.69, 9.17) is 9.72 Å². The van der Waals surface area contributed by atoms with Crippen LogP contribution in [0.25, 0.3) is 5.57 Å². The van der Waals surface area contributed by atoms with Crippen molar-refractivity contribution in [2.24, 2.45) is 0 Å². The molecule has 3 heterocycles. The van der Waals surface area contributed by atoms with Gasteiger partial charge in [-0.05, 0) is 0 Å². The first kappa shape index (κ1) is 17.0. The summed E-state index contributed by atoms with van der Waals surface area (Å²) in [6.45, 7) is 0. The van der Waals surface area contributed by atoms with Gasteiger partial charge in [-0.1, -0.05) is 0 Å². The molecule has 4 rings (SSSR count). The molecule has 2 aliphatic rings. The van der Waals surface area contributed by atoms with Gasteiger partial charge in [0.1, 0.15) is 0 Å². The molecule has 0 fully saturated rings. The Morgan fingerprint density at radius 2 is 2.32 bits per heavy atom. The van der Waals surface area contributed by atoms with Crippen molar-refractivity contribution in [2.45, 2.75) is 12.3 Å². The molecule has 0 spiro atoms. The van der Waals surface area contributed by atoms with Gasteiger partial charge in [-0.3, -0.25) is 0 Å². The zero-order chi connectivity index (χ0) is 17.2. The fourth-order valence-electron chi connectivity index (χ4n) is 2.98. The average Bonchev–Trinajstić information content (AvgIpc) is 2.98. The molecule has 0 aromatic carbocycles. The summed E-state index contributed by atoms with van der Waals surface area (Å²) in [4.78, 5) is 9.17. The Morgan fingerprint density at radius 1 is 1.40 bits per heavy atom. The van der Waals surface area contributed by atoms with Gasteiger partial charge in [0.15, 0.2) is 0 Å². The van der Waals surface area contributed by atoms with Crippen LogP contribution < -0.4 is 8.53 Å². The second-order valence-corrected chi connectivity index (χ2v) is 9.41. The van der Waals surface area contributed by atoms with E-state index in [1.54, 1.807) is 34.4 Å². The van der Waals surface area contributed by atoms with E-state index in [0.717, 1.165) is 43.7 Å². The van der Waals surface area contributed by atoms with Crippen LogP contribution in [0.15, 0.2) is 65.4 Å². The van der Waals surface area contributed by atoms with E-state index in [0.29, 0.717) is 5.88 Å². The number of hydrogen-bond acceptors (Lipinski definition) is 4. The van der Waals surface area contributed by atoms with E-state index in [9.17, 15) is 0 Å². The van der Waals surface area contributed by atoms with Crippen molar-refractivity contribution in [1.82, 2.24) is 9.97 Å². The molecule has 6 heteroatoms. The molecule has 2 aromatic heterocycles. The van der Waals surface area contributed by atoms with Crippen molar-refractivity contribution >= 4 is 53.5 Å². The van der Waals surface area contributed by atoms with Gasteiger partial charge in [0.2, 0.25) is 0 Å². The van der Waals surface area contributed by atoms with Gasteiger partial charge in [-0.15, -0.1) is 0 Å². The van der Waals surface area contributed by atoms with Gasteiger partial charge in [-0.2, -0.15) is 0 Å². The van der Waals surface area contributed by atoms with E-state index in [1.807, 2.05) is 18.2 Å². The molecule has 3 nitrogen and oxygen atoms in total. The normalized spacial score (nSPS) is 20.2. The number of alkyl halides is 1. The zero-order valence-electron chi connectivity index (χ0n) is 13.4. The summed E-state index contributed by atoms with van der Waals surface area (Å²) in [6, 6.07) is 4.02. The summed E-state index contributed by atoms with van der Waals surface area (Å²) in [5, 5.41) is 3.07. The first-order valence-corrected chi connectivity index (χ1v) is 11.2. The van der Waals surface area contributed by atoms with Gasteiger partial charge in [-0.25, -0.2) is 0 Å². The number of hydrogen-bond donors (Lipinski definition) is 0. The Kier molecular flexibility index (Phi) is 5.07. The van der Waals surface area contributed by atoms with Crippen molar-refractivity contribution in [3.05, 3.63) is 76.7 Å². The summed E-state index contributed by atoms with van der Waals surface area (Å²) in [7, 11) is 0. The number of thiazole rings is 1. The van der Waals surface area contributed by atoms with E-state index < -0.39 is 0 Å². The molecule has 2 atom stereocenters. The van der Waals surface area contributed by atoms with Crippen molar-refractivity contribution in [1.29, 1.82) is 0 Å². The fraction of sp³-hybridized carbons (Fsp3) is 0.158. The number of fused-ring (bicyclic) bond motifs is 2. The third kappa shape index (κ3) is 3.46. The molecule has 0 radical (unpaired) electrons. The van der Waals surface area contributed by atoms with E-state index >= 15 is 0 Å². The SMILES string of the molecule is [AsH2]c1nc(C2C=CC=C3Oc4ncccc4C(=CCCBr)C=C32)cs1. The van der Waals surface area contributed by atoms with E-state index in [-0.39, 0.29) is 5.92 Å². The van der Waals surface area contributed by atoms with Crippen molar-refractivity contribution in [3.8, 4) is 5.88 Å². The third-order valence-corrected chi connectivity index (χ3v) is 6.38. The molecule has 0 bridgehead atoms. The predicted octanol–water partition coefficient (Wildman–Crippen LogP) is 3.52. The summed E-state index contributed by atoms with van der Waals surface area (Å²) < 4.78 is 7.33. The summed E-state index contributed by atoms with van der Waals surface area (Å²) in [6.07, 6.45) is 13.4. The van der Waals surface area contributed by atoms with Crippen LogP contribution >= 0.6 is 27.3 Å². The van der Waals surface area contributed by atoms with Crippen LogP contribution in [0, 0.1) is 0 Å². The second kappa shape index (κ2) is 7.44. The zero-order valence-corrected chi connectivity index (χ0v) is 18.2. The molecule has 0 saturated carbocycles. The van der Waals surface area contributed by atoms with Crippen LogP contribution in [0.2, 0.25) is 0 Å². The number of nitrogens with zero attached hydrogens (tertiary/aromatic N) is 2. The summed E-state index contributed by atoms with van der Waals surface area (Å²) in [5.74, 6) is 1.63. The molecule has 25 heavy (non-hydrogen) atoms. The van der Waals surface area contributed by atoms with Crippen LogP contribution in [0.4, 0.5) is 0 Å². The molecular formula is C19H16AsBrN2OS. The first-order valence-electron chi connectivity index (χ1n) is 7.97. The van der Waals surface area contributed by atoms with Gasteiger partial charge < -0.3 is 0 Å². The van der Waals surface area contributed by atoms with Gasteiger partial charge in [0.25, 0.3) is 0 Å². The Morgan fingerprint density at radius 3 is 3.12 bits per heavy atom. The van der Waals surface area contributed by atoms with Gasteiger partial charge >= 0.3 is 168 Å². The van der Waals surface area contributed by atoms with Crippen LogP contribution in [-0.4, -0.2) is 32.2 Å². The van der Waals surface area contributed by atoms with Crippen molar-refractivity contribution in [3.63, 3.8) is 0 Å². The maximum absolute atomic E-state index is 6.19. The van der Waals surface area contributed by atoms with Crippen molar-refractivity contribution < 1.29 is 4.74 Å². The molecule has 2 aromatic rings. The van der Waals surface area contributed by atoms with Crippen LogP contribution in [0.5, 0.6) is 5.88 Å². The quantitative estimate of drug-likeness (QED) is 0.504. The third-order valence-electron chi connectivity index (χ3n) is 4.10. The van der Waals surface area contributed by atoms with Crippen LogP contribution in [0.1, 0.15) is 23.6 Å². The molecule has 126 valence electrons. The number of pyridine rings is 1. The van der Waals surface area contributed by atoms with Crippen LogP contribution in [-0.2, 0) is 0 Å². The molecule has 1 aliphatic carbocycles. The van der Waals surface area contributed by atoms with Gasteiger partial charge in [0, 0.05) is 0 Å². The Bertz CT molecular complexity index is 929. The molecular weight excluding hydrogens is 459 g/mol. The van der Waals surface area contributed by atoms with Crippen molar-refractivity contribution in [2.75, 3.05) is 5.33 Å². The number of rotatable bonds is 3. The standard InChI is InChI=1S/C19H16AsBrN2OS/c20-19-23-16(11-25-19)14-5-1-7-17-15(14)10-12(4-2-8-21)13-6-3-9-22-18(13)24-17/h1,3-7,9-11,14H,2,8,20H2. The number of halogens is 1. The molecule has 0 N–H and O–H groups in total. The Balaban J connectivity index is 1.84. The monoisotopic (exact) mass is 474 g/mol. The molecule has 1 aliphatic heterocycles. The number of aromatic nitrogens is 2. The molecule has 0 saturated heterocycles. The van der Waals surface area contributed by atoms with Crippen LogP contribution in [0.3, 0.4) is 0 Å². The minimum atomic E-state index is 0.113. The summed E-state index contributed by atoms with van der Waals surface area (Å²) >= 11 is 6.78. The van der Waals surface area contributed by atoms with E-state index in [1.165, 1.54) is 0 Å². The number of allylic oxidation sites excluding steroid dienone is 7. The van der Waals surface area contributed by atoms with E-state index in [2.05, 4.69) is 50.6 Å². The Labute approximate surface area is 167 Å². The molecule has 2 unspecified atom stereocenters. The van der Waals surface area contributed by atoms with Gasteiger partial charge in [0.05, 0.1) is 0 Å². The predicted molar refractivity (Wildman–Crippen MR) is 110 cm³/mol. The Hall–Kier alpha value is -1.42. The second-order valence-electron chi connectivity index (χ2n) is 5.70. The topological polar surface area (TPSA) is 35.0 Å². The first-order chi connectivity index (χ1) is 12.3. The summed E-state index contributed by atoms with van der Waals surface area (Å²) in [5.41, 5.74) is 4.40.